The van der Waals surface area contributed by atoms with Crippen LogP contribution in [0.3, 0.4) is 0 Å². The van der Waals surface area contributed by atoms with Crippen LogP contribution in [-0.2, 0) is 4.79 Å². The second kappa shape index (κ2) is 6.65. The van der Waals surface area contributed by atoms with Crippen molar-refractivity contribution in [3.63, 3.8) is 0 Å². The van der Waals surface area contributed by atoms with Crippen molar-refractivity contribution in [2.24, 2.45) is 0 Å². The smallest absolute Gasteiger partial charge is 0.205 e. The highest BCUT2D eigenvalue weighted by Gasteiger charge is 2.27. The van der Waals surface area contributed by atoms with Crippen molar-refractivity contribution in [1.82, 2.24) is 14.8 Å². The number of rotatable bonds is 4. The van der Waals surface area contributed by atoms with Gasteiger partial charge in [0.1, 0.15) is 5.78 Å². The van der Waals surface area contributed by atoms with Crippen LogP contribution in [0.15, 0.2) is 58.3 Å². The molecule has 3 aromatic rings. The molecule has 5 nitrogen and oxygen atoms in total. The average molecular weight is 339 g/mol. The Kier molecular flexibility index (Phi) is 4.21. The standard InChI is InChI=1S/C18H17N3O2S/c22-14-9-4-5-11-16(14)24-18-20-19-17(15-10-6-12-23-15)21(18)13-7-2-1-3-8-13/h1-3,6-8,10,12,16H,4-5,9,11H2/t16-/m1/s1. The minimum Gasteiger partial charge on any atom is -0.461 e. The first-order valence-electron chi connectivity index (χ1n) is 8.07. The number of benzene rings is 1. The fourth-order valence-electron chi connectivity index (χ4n) is 2.92. The summed E-state index contributed by atoms with van der Waals surface area (Å²) >= 11 is 1.51. The van der Waals surface area contributed by atoms with E-state index >= 15 is 0 Å². The van der Waals surface area contributed by atoms with Crippen LogP contribution in [0.4, 0.5) is 0 Å². The van der Waals surface area contributed by atoms with Gasteiger partial charge in [0.25, 0.3) is 0 Å². The summed E-state index contributed by atoms with van der Waals surface area (Å²) in [5, 5.41) is 9.35. The van der Waals surface area contributed by atoms with Crippen molar-refractivity contribution in [2.75, 3.05) is 0 Å². The summed E-state index contributed by atoms with van der Waals surface area (Å²) in [5.41, 5.74) is 0.958. The van der Waals surface area contributed by atoms with Crippen LogP contribution in [0.25, 0.3) is 17.3 Å². The highest BCUT2D eigenvalue weighted by Crippen LogP contribution is 2.34. The molecule has 24 heavy (non-hydrogen) atoms. The summed E-state index contributed by atoms with van der Waals surface area (Å²) in [6.07, 6.45) is 5.28. The van der Waals surface area contributed by atoms with Crippen molar-refractivity contribution in [1.29, 1.82) is 0 Å². The first-order valence-corrected chi connectivity index (χ1v) is 8.95. The third kappa shape index (κ3) is 2.89. The van der Waals surface area contributed by atoms with E-state index in [1.165, 1.54) is 11.8 Å². The van der Waals surface area contributed by atoms with Crippen LogP contribution in [0, 0.1) is 0 Å². The Hall–Kier alpha value is -2.34. The van der Waals surface area contributed by atoms with Gasteiger partial charge in [-0.1, -0.05) is 36.4 Å². The van der Waals surface area contributed by atoms with E-state index in [4.69, 9.17) is 4.42 Å². The van der Waals surface area contributed by atoms with Gasteiger partial charge >= 0.3 is 0 Å². The van der Waals surface area contributed by atoms with Gasteiger partial charge in [-0.25, -0.2) is 0 Å². The number of carbonyl (C=O) groups excluding carboxylic acids is 1. The molecule has 0 unspecified atom stereocenters. The summed E-state index contributed by atoms with van der Waals surface area (Å²) in [7, 11) is 0. The van der Waals surface area contributed by atoms with E-state index in [9.17, 15) is 4.79 Å². The van der Waals surface area contributed by atoms with Crippen LogP contribution in [0.5, 0.6) is 0 Å². The van der Waals surface area contributed by atoms with Gasteiger partial charge in [0, 0.05) is 12.1 Å². The molecule has 1 aliphatic carbocycles. The van der Waals surface area contributed by atoms with Crippen LogP contribution in [0.1, 0.15) is 25.7 Å². The Morgan fingerprint density at radius 1 is 1.08 bits per heavy atom. The molecule has 0 saturated heterocycles. The number of ketones is 1. The molecule has 1 saturated carbocycles. The number of para-hydroxylation sites is 1. The van der Waals surface area contributed by atoms with Crippen LogP contribution < -0.4 is 0 Å². The molecular formula is C18H17N3O2S. The molecule has 0 spiro atoms. The number of thioether (sulfide) groups is 1. The van der Waals surface area contributed by atoms with Crippen LogP contribution in [0.2, 0.25) is 0 Å². The molecule has 1 atom stereocenters. The van der Waals surface area contributed by atoms with Gasteiger partial charge in [0.2, 0.25) is 5.82 Å². The van der Waals surface area contributed by atoms with E-state index in [0.717, 1.165) is 30.1 Å². The maximum atomic E-state index is 12.2. The van der Waals surface area contributed by atoms with Crippen LogP contribution in [-0.4, -0.2) is 25.8 Å². The molecule has 122 valence electrons. The Morgan fingerprint density at radius 3 is 2.71 bits per heavy atom. The fourth-order valence-corrected chi connectivity index (χ4v) is 4.10. The topological polar surface area (TPSA) is 60.9 Å². The highest BCUT2D eigenvalue weighted by molar-refractivity contribution is 8.00. The molecule has 4 rings (SSSR count). The second-order valence-electron chi connectivity index (χ2n) is 5.77. The average Bonchev–Trinajstić information content (AvgIpc) is 3.27. The monoisotopic (exact) mass is 339 g/mol. The lowest BCUT2D eigenvalue weighted by Crippen LogP contribution is -2.21. The summed E-state index contributed by atoms with van der Waals surface area (Å²) in [5.74, 6) is 1.62. The zero-order chi connectivity index (χ0) is 16.4. The number of Topliss-reactive ketones (excluding diaryl/α,β-unsaturated/α-hetero) is 1. The van der Waals surface area contributed by atoms with Gasteiger partial charge in [0.05, 0.1) is 11.5 Å². The predicted octanol–water partition coefficient (Wildman–Crippen LogP) is 4.13. The van der Waals surface area contributed by atoms with E-state index in [1.807, 2.05) is 47.0 Å². The van der Waals surface area contributed by atoms with Crippen molar-refractivity contribution in [2.45, 2.75) is 36.1 Å². The molecule has 2 heterocycles. The number of carbonyl (C=O) groups is 1. The van der Waals surface area contributed by atoms with E-state index in [1.54, 1.807) is 6.26 Å². The molecule has 0 aliphatic heterocycles. The Labute approximate surface area is 144 Å². The maximum Gasteiger partial charge on any atom is 0.205 e. The van der Waals surface area contributed by atoms with Gasteiger partial charge in [-0.15, -0.1) is 10.2 Å². The quantitative estimate of drug-likeness (QED) is 0.715. The minimum atomic E-state index is -0.0325. The van der Waals surface area contributed by atoms with E-state index < -0.39 is 0 Å². The highest BCUT2D eigenvalue weighted by atomic mass is 32.2. The first-order chi connectivity index (χ1) is 11.8. The van der Waals surface area contributed by atoms with Gasteiger partial charge < -0.3 is 4.42 Å². The SMILES string of the molecule is O=C1CCCC[C@H]1Sc1nnc(-c2ccco2)n1-c1ccccc1. The number of hydrogen-bond acceptors (Lipinski definition) is 5. The third-order valence-corrected chi connectivity index (χ3v) is 5.39. The van der Waals surface area contributed by atoms with Gasteiger partial charge in [-0.05, 0) is 37.1 Å². The van der Waals surface area contributed by atoms with Crippen molar-refractivity contribution >= 4 is 17.5 Å². The summed E-state index contributed by atoms with van der Waals surface area (Å²) in [4.78, 5) is 12.2. The molecule has 0 N–H and O–H groups in total. The zero-order valence-corrected chi connectivity index (χ0v) is 13.9. The summed E-state index contributed by atoms with van der Waals surface area (Å²) < 4.78 is 7.47. The lowest BCUT2D eigenvalue weighted by molar-refractivity contribution is -0.119. The summed E-state index contributed by atoms with van der Waals surface area (Å²) in [6, 6.07) is 13.6. The molecule has 1 fully saturated rings. The zero-order valence-electron chi connectivity index (χ0n) is 13.1. The molecule has 6 heteroatoms. The number of hydrogen-bond donors (Lipinski definition) is 0. The normalized spacial score (nSPS) is 18.0. The van der Waals surface area contributed by atoms with Crippen molar-refractivity contribution in [3.8, 4) is 17.3 Å². The summed E-state index contributed by atoms with van der Waals surface area (Å²) in [6.45, 7) is 0. The Morgan fingerprint density at radius 2 is 1.96 bits per heavy atom. The Bertz CT molecular complexity index is 827. The number of nitrogens with zero attached hydrogens (tertiary/aromatic N) is 3. The molecule has 0 amide bonds. The molecule has 2 aromatic heterocycles. The van der Waals surface area contributed by atoms with Gasteiger partial charge in [-0.3, -0.25) is 9.36 Å². The van der Waals surface area contributed by atoms with Gasteiger partial charge in [-0.2, -0.15) is 0 Å². The van der Waals surface area contributed by atoms with E-state index in [2.05, 4.69) is 10.2 Å². The third-order valence-electron chi connectivity index (χ3n) is 4.14. The largest absolute Gasteiger partial charge is 0.461 e. The molecule has 1 aliphatic rings. The maximum absolute atomic E-state index is 12.2. The molecule has 0 radical (unpaired) electrons. The minimum absolute atomic E-state index is 0.0325. The second-order valence-corrected chi connectivity index (χ2v) is 6.94. The molecular weight excluding hydrogens is 322 g/mol. The molecule has 0 bridgehead atoms. The lowest BCUT2D eigenvalue weighted by Gasteiger charge is -2.19. The van der Waals surface area contributed by atoms with Crippen molar-refractivity contribution in [3.05, 3.63) is 48.7 Å². The van der Waals surface area contributed by atoms with E-state index in [-0.39, 0.29) is 5.25 Å². The number of furan rings is 1. The molecule has 1 aromatic carbocycles. The first kappa shape index (κ1) is 15.2. The lowest BCUT2D eigenvalue weighted by atomic mass is 9.99. The van der Waals surface area contributed by atoms with Crippen molar-refractivity contribution < 1.29 is 9.21 Å². The Balaban J connectivity index is 1.75. The predicted molar refractivity (Wildman–Crippen MR) is 92.2 cm³/mol. The number of aromatic nitrogens is 3. The fraction of sp³-hybridized carbons (Fsp3) is 0.278. The van der Waals surface area contributed by atoms with Gasteiger partial charge in [0.15, 0.2) is 10.9 Å². The van der Waals surface area contributed by atoms with Crippen LogP contribution >= 0.6 is 11.8 Å². The van der Waals surface area contributed by atoms with E-state index in [0.29, 0.717) is 23.8 Å².